The van der Waals surface area contributed by atoms with Crippen molar-refractivity contribution in [3.63, 3.8) is 0 Å². The van der Waals surface area contributed by atoms with Crippen LogP contribution in [0.4, 0.5) is 0 Å². The molecule has 0 fully saturated rings. The summed E-state index contributed by atoms with van der Waals surface area (Å²) >= 11 is 0. The van der Waals surface area contributed by atoms with Gasteiger partial charge in [-0.2, -0.15) is 4.80 Å². The van der Waals surface area contributed by atoms with Crippen LogP contribution in [-0.4, -0.2) is 30.2 Å². The Labute approximate surface area is 98.2 Å². The fourth-order valence-electron chi connectivity index (χ4n) is 1.39. The summed E-state index contributed by atoms with van der Waals surface area (Å²) in [5, 5.41) is 11.7. The van der Waals surface area contributed by atoms with Gasteiger partial charge in [-0.05, 0) is 17.7 Å². The highest BCUT2D eigenvalue weighted by Gasteiger charge is 2.16. The molecule has 0 bridgehead atoms. The van der Waals surface area contributed by atoms with E-state index in [1.54, 1.807) is 19.4 Å². The zero-order chi connectivity index (χ0) is 12.3. The van der Waals surface area contributed by atoms with Gasteiger partial charge < -0.3 is 0 Å². The Balaban J connectivity index is 2.13. The van der Waals surface area contributed by atoms with Crippen LogP contribution in [0.3, 0.4) is 0 Å². The molecule has 1 unspecified atom stereocenters. The van der Waals surface area contributed by atoms with Crippen molar-refractivity contribution in [3.8, 4) is 0 Å². The molecule has 17 heavy (non-hydrogen) atoms. The summed E-state index contributed by atoms with van der Waals surface area (Å²) in [5.41, 5.74) is 3.66. The summed E-state index contributed by atoms with van der Waals surface area (Å²) in [5.74, 6) is 6.70. The quantitative estimate of drug-likeness (QED) is 0.519. The lowest BCUT2D eigenvalue weighted by molar-refractivity contribution is 0.509. The molecule has 0 spiro atoms. The van der Waals surface area contributed by atoms with Crippen molar-refractivity contribution in [1.29, 1.82) is 0 Å². The molecule has 0 aliphatic rings. The average Bonchev–Trinajstić information content (AvgIpc) is 2.73. The number of aromatic nitrogens is 6. The third kappa shape index (κ3) is 2.80. The molecule has 1 atom stereocenters. The zero-order valence-corrected chi connectivity index (χ0v) is 9.70. The zero-order valence-electron chi connectivity index (χ0n) is 9.70. The largest absolute Gasteiger partial charge is 0.271 e. The van der Waals surface area contributed by atoms with Crippen LogP contribution in [0.1, 0.15) is 23.3 Å². The van der Waals surface area contributed by atoms with Gasteiger partial charge in [0, 0.05) is 18.8 Å². The van der Waals surface area contributed by atoms with E-state index >= 15 is 0 Å². The highest BCUT2D eigenvalue weighted by Crippen LogP contribution is 2.10. The van der Waals surface area contributed by atoms with E-state index in [0.717, 1.165) is 5.56 Å². The predicted octanol–water partition coefficient (Wildman–Crippen LogP) is -0.944. The minimum absolute atomic E-state index is 0.222. The van der Waals surface area contributed by atoms with E-state index in [1.807, 2.05) is 6.92 Å². The molecule has 3 N–H and O–H groups in total. The highest BCUT2D eigenvalue weighted by molar-refractivity contribution is 5.05. The maximum atomic E-state index is 5.48. The molecule has 8 heteroatoms. The molecule has 2 heterocycles. The van der Waals surface area contributed by atoms with E-state index in [2.05, 4.69) is 30.8 Å². The summed E-state index contributed by atoms with van der Waals surface area (Å²) < 4.78 is 0. The summed E-state index contributed by atoms with van der Waals surface area (Å²) in [4.78, 5) is 9.83. The van der Waals surface area contributed by atoms with Gasteiger partial charge in [0.25, 0.3) is 0 Å². The molecular formula is C9H14N8. The van der Waals surface area contributed by atoms with Crippen molar-refractivity contribution < 1.29 is 0 Å². The first-order valence-corrected chi connectivity index (χ1v) is 5.16. The number of hydrogen-bond acceptors (Lipinski definition) is 7. The first kappa shape index (κ1) is 11.6. The summed E-state index contributed by atoms with van der Waals surface area (Å²) in [6.45, 7) is 1.93. The Morgan fingerprint density at radius 2 is 2.12 bits per heavy atom. The van der Waals surface area contributed by atoms with Crippen molar-refractivity contribution in [3.05, 3.63) is 29.6 Å². The van der Waals surface area contributed by atoms with Gasteiger partial charge in [-0.15, -0.1) is 10.2 Å². The van der Waals surface area contributed by atoms with Gasteiger partial charge in [0.2, 0.25) is 0 Å². The van der Waals surface area contributed by atoms with Crippen LogP contribution in [0.25, 0.3) is 0 Å². The van der Waals surface area contributed by atoms with Crippen LogP contribution >= 0.6 is 0 Å². The minimum Gasteiger partial charge on any atom is -0.271 e. The third-order valence-electron chi connectivity index (χ3n) is 2.25. The maximum Gasteiger partial charge on any atom is 0.176 e. The fraction of sp³-hybridized carbons (Fsp3) is 0.444. The molecule has 90 valence electrons. The number of hydrogen-bond donors (Lipinski definition) is 2. The van der Waals surface area contributed by atoms with Crippen molar-refractivity contribution in [2.75, 3.05) is 0 Å². The topological polar surface area (TPSA) is 107 Å². The second kappa shape index (κ2) is 4.93. The van der Waals surface area contributed by atoms with Crippen LogP contribution in [-0.2, 0) is 13.5 Å². The van der Waals surface area contributed by atoms with E-state index in [4.69, 9.17) is 5.84 Å². The van der Waals surface area contributed by atoms with Gasteiger partial charge in [-0.1, -0.05) is 0 Å². The Morgan fingerprint density at radius 3 is 2.65 bits per heavy atom. The summed E-state index contributed by atoms with van der Waals surface area (Å²) in [6.07, 6.45) is 3.99. The Kier molecular flexibility index (Phi) is 3.35. The Morgan fingerprint density at radius 1 is 1.41 bits per heavy atom. The second-order valence-corrected chi connectivity index (χ2v) is 3.74. The number of aryl methyl sites for hydroxylation is 2. The predicted molar refractivity (Wildman–Crippen MR) is 59.3 cm³/mol. The van der Waals surface area contributed by atoms with E-state index < -0.39 is 0 Å². The SMILES string of the molecule is Cc1cnc(C(Cc2nnn(C)n2)NN)nc1. The average molecular weight is 234 g/mol. The number of hydrazine groups is 1. The van der Waals surface area contributed by atoms with Gasteiger partial charge in [0.15, 0.2) is 5.82 Å². The van der Waals surface area contributed by atoms with Gasteiger partial charge >= 0.3 is 0 Å². The number of nitrogens with two attached hydrogens (primary N) is 1. The molecule has 8 nitrogen and oxygen atoms in total. The smallest absolute Gasteiger partial charge is 0.176 e. The van der Waals surface area contributed by atoms with E-state index in [1.165, 1.54) is 4.80 Å². The van der Waals surface area contributed by atoms with Crippen molar-refractivity contribution >= 4 is 0 Å². The number of rotatable bonds is 4. The molecule has 0 saturated carbocycles. The Hall–Kier alpha value is -1.93. The van der Waals surface area contributed by atoms with Crippen molar-refractivity contribution in [2.45, 2.75) is 19.4 Å². The molecule has 0 radical (unpaired) electrons. The lowest BCUT2D eigenvalue weighted by Crippen LogP contribution is -2.31. The van der Waals surface area contributed by atoms with E-state index in [-0.39, 0.29) is 6.04 Å². The van der Waals surface area contributed by atoms with Gasteiger partial charge in [0.05, 0.1) is 13.1 Å². The first-order chi connectivity index (χ1) is 8.19. The second-order valence-electron chi connectivity index (χ2n) is 3.74. The van der Waals surface area contributed by atoms with Crippen LogP contribution in [0.2, 0.25) is 0 Å². The molecule has 2 aromatic heterocycles. The Bertz CT molecular complexity index is 476. The van der Waals surface area contributed by atoms with Crippen molar-refractivity contribution in [1.82, 2.24) is 35.6 Å². The minimum atomic E-state index is -0.222. The molecule has 0 amide bonds. The fourth-order valence-corrected chi connectivity index (χ4v) is 1.39. The van der Waals surface area contributed by atoms with Crippen LogP contribution in [0, 0.1) is 6.92 Å². The van der Waals surface area contributed by atoms with Gasteiger partial charge in [0.1, 0.15) is 5.82 Å². The third-order valence-corrected chi connectivity index (χ3v) is 2.25. The lowest BCUT2D eigenvalue weighted by Gasteiger charge is -2.11. The van der Waals surface area contributed by atoms with Crippen LogP contribution < -0.4 is 11.3 Å². The normalized spacial score (nSPS) is 12.6. The first-order valence-electron chi connectivity index (χ1n) is 5.16. The summed E-state index contributed by atoms with van der Waals surface area (Å²) in [7, 11) is 1.71. The summed E-state index contributed by atoms with van der Waals surface area (Å²) in [6, 6.07) is -0.222. The molecule has 0 aromatic carbocycles. The van der Waals surface area contributed by atoms with Gasteiger partial charge in [-0.25, -0.2) is 15.4 Å². The maximum absolute atomic E-state index is 5.48. The lowest BCUT2D eigenvalue weighted by atomic mass is 10.2. The van der Waals surface area contributed by atoms with E-state index in [0.29, 0.717) is 18.1 Å². The molecule has 2 rings (SSSR count). The van der Waals surface area contributed by atoms with Crippen molar-refractivity contribution in [2.24, 2.45) is 12.9 Å². The number of nitrogens with zero attached hydrogens (tertiary/aromatic N) is 6. The number of tetrazole rings is 1. The molecule has 0 aliphatic carbocycles. The number of nitrogens with one attached hydrogen (secondary N) is 1. The van der Waals surface area contributed by atoms with Crippen LogP contribution in [0.5, 0.6) is 0 Å². The van der Waals surface area contributed by atoms with E-state index in [9.17, 15) is 0 Å². The molecular weight excluding hydrogens is 220 g/mol. The van der Waals surface area contributed by atoms with Crippen LogP contribution in [0.15, 0.2) is 12.4 Å². The molecule has 0 aliphatic heterocycles. The van der Waals surface area contributed by atoms with Gasteiger partial charge in [-0.3, -0.25) is 5.84 Å². The monoisotopic (exact) mass is 234 g/mol. The molecule has 0 saturated heterocycles. The standard InChI is InChI=1S/C9H14N8/c1-6-4-11-9(12-5-6)7(13-10)3-8-14-16-17(2)15-8/h4-5,7,13H,3,10H2,1-2H3. The molecule has 2 aromatic rings. The highest BCUT2D eigenvalue weighted by atomic mass is 15.6.